The zero-order chi connectivity index (χ0) is 14.1. The molecule has 1 aromatic rings. The normalized spacial score (nSPS) is 12.6. The molecule has 18 heavy (non-hydrogen) atoms. The Hall–Kier alpha value is -1.38. The summed E-state index contributed by atoms with van der Waals surface area (Å²) in [7, 11) is 0. The van der Waals surface area contributed by atoms with E-state index in [0.29, 0.717) is 12.1 Å². The summed E-state index contributed by atoms with van der Waals surface area (Å²) in [6.45, 7) is 12.5. The minimum atomic E-state index is -0.427. The number of nitrogens with zero attached hydrogens (tertiary/aromatic N) is 1. The monoisotopic (exact) mass is 249 g/mol. The van der Waals surface area contributed by atoms with Crippen LogP contribution in [-0.2, 0) is 6.54 Å². The maximum absolute atomic E-state index is 12.2. The van der Waals surface area contributed by atoms with E-state index < -0.39 is 5.41 Å². The Bertz CT molecular complexity index is 498. The molecule has 0 aliphatic rings. The number of rotatable bonds is 2. The van der Waals surface area contributed by atoms with Crippen LogP contribution in [0.5, 0.6) is 0 Å². The fourth-order valence-electron chi connectivity index (χ4n) is 1.73. The first kappa shape index (κ1) is 14.7. The zero-order valence-electron chi connectivity index (χ0n) is 12.2. The molecule has 0 atom stereocenters. The largest absolute Gasteiger partial charge is 0.314 e. The Morgan fingerprint density at radius 1 is 1.11 bits per heavy atom. The molecule has 0 saturated carbocycles. The van der Waals surface area contributed by atoms with Crippen molar-refractivity contribution in [1.82, 2.24) is 4.57 Å². The second-order valence-electron chi connectivity index (χ2n) is 7.02. The van der Waals surface area contributed by atoms with Crippen LogP contribution in [0.15, 0.2) is 23.1 Å². The van der Waals surface area contributed by atoms with Crippen molar-refractivity contribution in [3.63, 3.8) is 0 Å². The van der Waals surface area contributed by atoms with Crippen LogP contribution in [0.3, 0.4) is 0 Å². The molecule has 0 amide bonds. The van der Waals surface area contributed by atoms with E-state index in [4.69, 9.17) is 0 Å². The van der Waals surface area contributed by atoms with E-state index in [2.05, 4.69) is 20.8 Å². The van der Waals surface area contributed by atoms with E-state index in [1.165, 1.54) is 6.07 Å². The molecule has 0 aliphatic carbocycles. The Morgan fingerprint density at radius 2 is 1.67 bits per heavy atom. The first-order valence-corrected chi connectivity index (χ1v) is 6.26. The summed E-state index contributed by atoms with van der Waals surface area (Å²) in [5.41, 5.74) is 0.124. The molecule has 0 N–H and O–H groups in total. The molecule has 0 unspecified atom stereocenters. The van der Waals surface area contributed by atoms with Gasteiger partial charge in [-0.25, -0.2) is 0 Å². The number of pyridine rings is 1. The Kier molecular flexibility index (Phi) is 3.84. The first-order chi connectivity index (χ1) is 8.00. The van der Waals surface area contributed by atoms with Crippen molar-refractivity contribution in [3.8, 4) is 0 Å². The maximum atomic E-state index is 12.2. The highest BCUT2D eigenvalue weighted by molar-refractivity contribution is 5.99. The fraction of sp³-hybridized carbons (Fsp3) is 0.600. The highest BCUT2D eigenvalue weighted by Crippen LogP contribution is 2.21. The molecule has 3 heteroatoms. The van der Waals surface area contributed by atoms with E-state index >= 15 is 0 Å². The second kappa shape index (κ2) is 4.71. The van der Waals surface area contributed by atoms with Gasteiger partial charge in [-0.2, -0.15) is 0 Å². The second-order valence-corrected chi connectivity index (χ2v) is 7.02. The predicted octanol–water partition coefficient (Wildman–Crippen LogP) is 3.12. The Labute approximate surface area is 109 Å². The van der Waals surface area contributed by atoms with Crippen molar-refractivity contribution in [2.75, 3.05) is 0 Å². The standard InChI is InChI=1S/C15H23NO2/c1-14(2,3)10-16-9-11(7-8-12(16)17)13(18)15(4,5)6/h7-9H,10H2,1-6H3. The van der Waals surface area contributed by atoms with Crippen LogP contribution in [0.4, 0.5) is 0 Å². The number of hydrogen-bond acceptors (Lipinski definition) is 2. The van der Waals surface area contributed by atoms with Crippen LogP contribution in [0.25, 0.3) is 0 Å². The number of aromatic nitrogens is 1. The summed E-state index contributed by atoms with van der Waals surface area (Å²) in [6.07, 6.45) is 1.68. The van der Waals surface area contributed by atoms with Crippen molar-refractivity contribution in [1.29, 1.82) is 0 Å². The van der Waals surface area contributed by atoms with Gasteiger partial charge in [0.25, 0.3) is 5.56 Å². The van der Waals surface area contributed by atoms with Crippen LogP contribution in [-0.4, -0.2) is 10.4 Å². The molecule has 0 saturated heterocycles. The third-order valence-electron chi connectivity index (χ3n) is 2.57. The highest BCUT2D eigenvalue weighted by atomic mass is 16.1. The molecule has 0 aromatic carbocycles. The lowest BCUT2D eigenvalue weighted by Crippen LogP contribution is -2.28. The van der Waals surface area contributed by atoms with Gasteiger partial charge < -0.3 is 4.57 Å². The summed E-state index contributed by atoms with van der Waals surface area (Å²) in [5, 5.41) is 0. The Morgan fingerprint density at radius 3 is 2.11 bits per heavy atom. The molecule has 1 rings (SSSR count). The molecule has 1 aromatic heterocycles. The number of carbonyl (C=O) groups is 1. The van der Waals surface area contributed by atoms with Gasteiger partial charge in [0.05, 0.1) is 0 Å². The van der Waals surface area contributed by atoms with E-state index in [0.717, 1.165) is 0 Å². The predicted molar refractivity (Wildman–Crippen MR) is 73.9 cm³/mol. The summed E-state index contributed by atoms with van der Waals surface area (Å²) in [5.74, 6) is 0.0603. The van der Waals surface area contributed by atoms with Gasteiger partial charge in [-0.3, -0.25) is 9.59 Å². The van der Waals surface area contributed by atoms with Gasteiger partial charge in [0.15, 0.2) is 5.78 Å². The van der Waals surface area contributed by atoms with Gasteiger partial charge in [0.2, 0.25) is 0 Å². The molecular weight excluding hydrogens is 226 g/mol. The molecule has 0 spiro atoms. The molecule has 1 heterocycles. The van der Waals surface area contributed by atoms with Crippen molar-refractivity contribution in [3.05, 3.63) is 34.2 Å². The highest BCUT2D eigenvalue weighted by Gasteiger charge is 2.23. The van der Waals surface area contributed by atoms with E-state index in [-0.39, 0.29) is 16.8 Å². The molecule has 100 valence electrons. The SMILES string of the molecule is CC(C)(C)Cn1cc(C(=O)C(C)(C)C)ccc1=O. The average Bonchev–Trinajstić information content (AvgIpc) is 2.17. The summed E-state index contributed by atoms with van der Waals surface area (Å²) >= 11 is 0. The van der Waals surface area contributed by atoms with Crippen molar-refractivity contribution in [2.45, 2.75) is 48.1 Å². The summed E-state index contributed by atoms with van der Waals surface area (Å²) < 4.78 is 1.62. The molecule has 3 nitrogen and oxygen atoms in total. The van der Waals surface area contributed by atoms with Crippen molar-refractivity contribution >= 4 is 5.78 Å². The van der Waals surface area contributed by atoms with Crippen LogP contribution >= 0.6 is 0 Å². The van der Waals surface area contributed by atoms with E-state index in [9.17, 15) is 9.59 Å². The van der Waals surface area contributed by atoms with Gasteiger partial charge in [-0.15, -0.1) is 0 Å². The number of carbonyl (C=O) groups excluding carboxylic acids is 1. The third kappa shape index (κ3) is 3.83. The smallest absolute Gasteiger partial charge is 0.250 e. The molecule has 0 fully saturated rings. The Balaban J connectivity index is 3.17. The van der Waals surface area contributed by atoms with Crippen LogP contribution in [0, 0.1) is 10.8 Å². The third-order valence-corrected chi connectivity index (χ3v) is 2.57. The average molecular weight is 249 g/mol. The minimum absolute atomic E-state index is 0.00717. The van der Waals surface area contributed by atoms with Crippen LogP contribution < -0.4 is 5.56 Å². The fourth-order valence-corrected chi connectivity index (χ4v) is 1.73. The van der Waals surface area contributed by atoms with Gasteiger partial charge in [0, 0.05) is 29.8 Å². The van der Waals surface area contributed by atoms with E-state index in [1.807, 2.05) is 20.8 Å². The van der Waals surface area contributed by atoms with E-state index in [1.54, 1.807) is 16.8 Å². The van der Waals surface area contributed by atoms with Crippen LogP contribution in [0.1, 0.15) is 51.9 Å². The summed E-state index contributed by atoms with van der Waals surface area (Å²) in [4.78, 5) is 24.0. The number of hydrogen-bond donors (Lipinski definition) is 0. The molecular formula is C15H23NO2. The molecule has 0 aliphatic heterocycles. The number of ketones is 1. The van der Waals surface area contributed by atoms with Crippen LogP contribution in [0.2, 0.25) is 0 Å². The molecule has 0 radical (unpaired) electrons. The minimum Gasteiger partial charge on any atom is -0.314 e. The topological polar surface area (TPSA) is 39.1 Å². The van der Waals surface area contributed by atoms with Crippen molar-refractivity contribution < 1.29 is 4.79 Å². The number of Topliss-reactive ketones (excluding diaryl/α,β-unsaturated/α-hetero) is 1. The van der Waals surface area contributed by atoms with Gasteiger partial charge in [0.1, 0.15) is 0 Å². The van der Waals surface area contributed by atoms with Gasteiger partial charge in [-0.05, 0) is 11.5 Å². The maximum Gasteiger partial charge on any atom is 0.250 e. The quantitative estimate of drug-likeness (QED) is 0.755. The lowest BCUT2D eigenvalue weighted by atomic mass is 9.87. The lowest BCUT2D eigenvalue weighted by Gasteiger charge is -2.21. The first-order valence-electron chi connectivity index (χ1n) is 6.26. The lowest BCUT2D eigenvalue weighted by molar-refractivity contribution is 0.0857. The van der Waals surface area contributed by atoms with Gasteiger partial charge in [-0.1, -0.05) is 41.5 Å². The van der Waals surface area contributed by atoms with Gasteiger partial charge >= 0.3 is 0 Å². The zero-order valence-corrected chi connectivity index (χ0v) is 12.2. The summed E-state index contributed by atoms with van der Waals surface area (Å²) in [6, 6.07) is 3.10. The van der Waals surface area contributed by atoms with Crippen molar-refractivity contribution in [2.24, 2.45) is 10.8 Å². The molecule has 0 bridgehead atoms.